The molecule has 122 valence electrons. The van der Waals surface area contributed by atoms with E-state index in [-0.39, 0.29) is 18.3 Å². The van der Waals surface area contributed by atoms with Crippen molar-refractivity contribution in [2.75, 3.05) is 40.3 Å². The van der Waals surface area contributed by atoms with Crippen LogP contribution in [-0.4, -0.2) is 67.0 Å². The van der Waals surface area contributed by atoms with Crippen LogP contribution in [0.1, 0.15) is 30.1 Å². The van der Waals surface area contributed by atoms with E-state index < -0.39 is 0 Å². The van der Waals surface area contributed by atoms with E-state index in [0.717, 1.165) is 13.0 Å². The number of ether oxygens (including phenoxy) is 1. The number of pyridine rings is 1. The Morgan fingerprint density at radius 3 is 2.41 bits per heavy atom. The van der Waals surface area contributed by atoms with Crippen molar-refractivity contribution in [3.05, 3.63) is 30.1 Å². The molecule has 0 aliphatic carbocycles. The van der Waals surface area contributed by atoms with Crippen molar-refractivity contribution in [3.8, 4) is 0 Å². The number of amides is 1. The van der Waals surface area contributed by atoms with Crippen molar-refractivity contribution < 1.29 is 14.3 Å². The zero-order valence-electron chi connectivity index (χ0n) is 13.6. The summed E-state index contributed by atoms with van der Waals surface area (Å²) in [5.41, 5.74) is 0.587. The highest BCUT2D eigenvalue weighted by Gasteiger charge is 2.17. The zero-order chi connectivity index (χ0) is 16.4. The predicted molar refractivity (Wildman–Crippen MR) is 84.6 cm³/mol. The molecule has 1 heterocycles. The van der Waals surface area contributed by atoms with Crippen LogP contribution in [0.4, 0.5) is 0 Å². The molecule has 1 rings (SSSR count). The minimum absolute atomic E-state index is 0.0783. The third kappa shape index (κ3) is 6.67. The smallest absolute Gasteiger partial charge is 0.307 e. The SMILES string of the molecule is CCOC(=O)CCN(CCCN(C)C)C(=O)c1ccncc1. The maximum atomic E-state index is 12.5. The number of nitrogens with zero attached hydrogens (tertiary/aromatic N) is 3. The molecule has 0 spiro atoms. The Balaban J connectivity index is 2.64. The van der Waals surface area contributed by atoms with Gasteiger partial charge in [0.1, 0.15) is 0 Å². The predicted octanol–water partition coefficient (Wildman–Crippen LogP) is 1.43. The Morgan fingerprint density at radius 1 is 1.14 bits per heavy atom. The molecule has 6 nitrogen and oxygen atoms in total. The molecular formula is C16H25N3O3. The number of carbonyl (C=O) groups is 2. The Bertz CT molecular complexity index is 463. The Hall–Kier alpha value is -1.95. The molecule has 6 heteroatoms. The normalized spacial score (nSPS) is 10.5. The molecule has 0 saturated carbocycles. The van der Waals surface area contributed by atoms with E-state index in [1.807, 2.05) is 14.1 Å². The molecule has 1 amide bonds. The summed E-state index contributed by atoms with van der Waals surface area (Å²) in [6.07, 6.45) is 4.26. The molecule has 22 heavy (non-hydrogen) atoms. The van der Waals surface area contributed by atoms with Gasteiger partial charge < -0.3 is 14.5 Å². The van der Waals surface area contributed by atoms with E-state index in [1.165, 1.54) is 0 Å². The topological polar surface area (TPSA) is 62.7 Å². The van der Waals surface area contributed by atoms with E-state index in [9.17, 15) is 9.59 Å². The van der Waals surface area contributed by atoms with Gasteiger partial charge in [-0.2, -0.15) is 0 Å². The molecule has 0 bridgehead atoms. The molecule has 0 aliphatic heterocycles. The van der Waals surface area contributed by atoms with Gasteiger partial charge in [-0.1, -0.05) is 0 Å². The van der Waals surface area contributed by atoms with Gasteiger partial charge in [-0.05, 0) is 46.1 Å². The Kier molecular flexibility index (Phi) is 8.14. The number of carbonyl (C=O) groups excluding carboxylic acids is 2. The van der Waals surface area contributed by atoms with Gasteiger partial charge in [0.25, 0.3) is 5.91 Å². The summed E-state index contributed by atoms with van der Waals surface area (Å²) in [6, 6.07) is 3.37. The number of hydrogen-bond acceptors (Lipinski definition) is 5. The van der Waals surface area contributed by atoms with Crippen molar-refractivity contribution in [2.45, 2.75) is 19.8 Å². The second-order valence-corrected chi connectivity index (χ2v) is 5.24. The zero-order valence-corrected chi connectivity index (χ0v) is 13.6. The van der Waals surface area contributed by atoms with Crippen LogP contribution < -0.4 is 0 Å². The molecule has 0 aromatic carbocycles. The van der Waals surface area contributed by atoms with Crippen molar-refractivity contribution in [1.29, 1.82) is 0 Å². The lowest BCUT2D eigenvalue weighted by atomic mass is 10.2. The fourth-order valence-corrected chi connectivity index (χ4v) is 2.03. The number of hydrogen-bond donors (Lipinski definition) is 0. The quantitative estimate of drug-likeness (QED) is 0.646. The summed E-state index contributed by atoms with van der Waals surface area (Å²) in [5, 5.41) is 0. The van der Waals surface area contributed by atoms with Crippen molar-refractivity contribution >= 4 is 11.9 Å². The van der Waals surface area contributed by atoms with Gasteiger partial charge in [-0.3, -0.25) is 14.6 Å². The molecule has 0 saturated heterocycles. The van der Waals surface area contributed by atoms with Crippen LogP contribution in [0.25, 0.3) is 0 Å². The molecule has 0 aliphatic rings. The molecule has 0 unspecified atom stereocenters. The largest absolute Gasteiger partial charge is 0.466 e. The maximum absolute atomic E-state index is 12.5. The average Bonchev–Trinajstić information content (AvgIpc) is 2.51. The first-order valence-corrected chi connectivity index (χ1v) is 7.54. The Labute approximate surface area is 132 Å². The molecular weight excluding hydrogens is 282 g/mol. The number of aromatic nitrogens is 1. The molecule has 0 radical (unpaired) electrons. The van der Waals surface area contributed by atoms with Crippen molar-refractivity contribution in [2.24, 2.45) is 0 Å². The van der Waals surface area contributed by atoms with E-state index in [4.69, 9.17) is 4.74 Å². The third-order valence-corrected chi connectivity index (χ3v) is 3.14. The molecule has 0 fully saturated rings. The van der Waals surface area contributed by atoms with Gasteiger partial charge in [-0.15, -0.1) is 0 Å². The summed E-state index contributed by atoms with van der Waals surface area (Å²) >= 11 is 0. The summed E-state index contributed by atoms with van der Waals surface area (Å²) < 4.78 is 4.93. The summed E-state index contributed by atoms with van der Waals surface area (Å²) in [4.78, 5) is 31.7. The van der Waals surface area contributed by atoms with Gasteiger partial charge in [0, 0.05) is 31.0 Å². The lowest BCUT2D eigenvalue weighted by Crippen LogP contribution is -2.35. The highest BCUT2D eigenvalue weighted by atomic mass is 16.5. The van der Waals surface area contributed by atoms with Gasteiger partial charge >= 0.3 is 5.97 Å². The number of esters is 1. The first-order chi connectivity index (χ1) is 10.5. The molecule has 0 atom stereocenters. The average molecular weight is 307 g/mol. The summed E-state index contributed by atoms with van der Waals surface area (Å²) in [5.74, 6) is -0.354. The minimum atomic E-state index is -0.275. The maximum Gasteiger partial charge on any atom is 0.307 e. The van der Waals surface area contributed by atoms with Gasteiger partial charge in [0.15, 0.2) is 0 Å². The second-order valence-electron chi connectivity index (χ2n) is 5.24. The van der Waals surface area contributed by atoms with Crippen LogP contribution in [-0.2, 0) is 9.53 Å². The van der Waals surface area contributed by atoms with Crippen LogP contribution in [0.15, 0.2) is 24.5 Å². The van der Waals surface area contributed by atoms with E-state index in [1.54, 1.807) is 36.4 Å². The lowest BCUT2D eigenvalue weighted by molar-refractivity contribution is -0.143. The van der Waals surface area contributed by atoms with Gasteiger partial charge in [-0.25, -0.2) is 0 Å². The van der Waals surface area contributed by atoms with Crippen LogP contribution in [0, 0.1) is 0 Å². The van der Waals surface area contributed by atoms with Gasteiger partial charge in [0.2, 0.25) is 0 Å². The molecule has 1 aromatic heterocycles. The van der Waals surface area contributed by atoms with Crippen LogP contribution >= 0.6 is 0 Å². The van der Waals surface area contributed by atoms with Crippen LogP contribution in [0.2, 0.25) is 0 Å². The molecule has 0 N–H and O–H groups in total. The Morgan fingerprint density at radius 2 is 1.82 bits per heavy atom. The highest BCUT2D eigenvalue weighted by Crippen LogP contribution is 2.06. The fourth-order valence-electron chi connectivity index (χ4n) is 2.03. The summed E-state index contributed by atoms with van der Waals surface area (Å²) in [7, 11) is 3.99. The highest BCUT2D eigenvalue weighted by molar-refractivity contribution is 5.94. The van der Waals surface area contributed by atoms with E-state index in [2.05, 4.69) is 9.88 Å². The minimum Gasteiger partial charge on any atom is -0.466 e. The van der Waals surface area contributed by atoms with Crippen LogP contribution in [0.5, 0.6) is 0 Å². The van der Waals surface area contributed by atoms with Crippen molar-refractivity contribution in [3.63, 3.8) is 0 Å². The fraction of sp³-hybridized carbons (Fsp3) is 0.562. The monoisotopic (exact) mass is 307 g/mol. The first-order valence-electron chi connectivity index (χ1n) is 7.54. The van der Waals surface area contributed by atoms with E-state index in [0.29, 0.717) is 25.3 Å². The van der Waals surface area contributed by atoms with Crippen molar-refractivity contribution in [1.82, 2.24) is 14.8 Å². The number of rotatable bonds is 9. The third-order valence-electron chi connectivity index (χ3n) is 3.14. The summed E-state index contributed by atoms with van der Waals surface area (Å²) in [6.45, 7) is 4.00. The van der Waals surface area contributed by atoms with E-state index >= 15 is 0 Å². The lowest BCUT2D eigenvalue weighted by Gasteiger charge is -2.23. The van der Waals surface area contributed by atoms with Gasteiger partial charge in [0.05, 0.1) is 13.0 Å². The first kappa shape index (κ1) is 18.1. The standard InChI is InChI=1S/C16H25N3O3/c1-4-22-15(20)8-13-19(12-5-11-18(2)3)16(21)14-6-9-17-10-7-14/h6-7,9-10H,4-5,8,11-13H2,1-3H3. The molecule has 1 aromatic rings. The van der Waals surface area contributed by atoms with Crippen LogP contribution in [0.3, 0.4) is 0 Å². The second kappa shape index (κ2) is 9.89.